The predicted molar refractivity (Wildman–Crippen MR) is 72.4 cm³/mol. The second-order valence-electron chi connectivity index (χ2n) is 5.36. The summed E-state index contributed by atoms with van der Waals surface area (Å²) in [6.07, 6.45) is 6.80. The lowest BCUT2D eigenvalue weighted by molar-refractivity contribution is -0.122. The van der Waals surface area contributed by atoms with Crippen molar-refractivity contribution in [3.8, 4) is 0 Å². The number of hydrogen-bond acceptors (Lipinski definition) is 2. The normalized spacial score (nSPS) is 28.3. The lowest BCUT2D eigenvalue weighted by atomic mass is 9.94. The first-order chi connectivity index (χ1) is 7.79. The van der Waals surface area contributed by atoms with Gasteiger partial charge in [0.1, 0.15) is 0 Å². The van der Waals surface area contributed by atoms with Crippen LogP contribution in [0.3, 0.4) is 0 Å². The summed E-state index contributed by atoms with van der Waals surface area (Å²) < 4.78 is 0. The number of amides is 1. The molecule has 0 bridgehead atoms. The summed E-state index contributed by atoms with van der Waals surface area (Å²) in [4.78, 5) is 11.8. The Morgan fingerprint density at radius 3 is 2.71 bits per heavy atom. The fourth-order valence-corrected chi connectivity index (χ4v) is 2.73. The van der Waals surface area contributed by atoms with Crippen LogP contribution in [0.15, 0.2) is 0 Å². The predicted octanol–water partition coefficient (Wildman–Crippen LogP) is 2.10. The first kappa shape index (κ1) is 14.8. The van der Waals surface area contributed by atoms with Gasteiger partial charge in [-0.2, -0.15) is 0 Å². The van der Waals surface area contributed by atoms with Gasteiger partial charge in [0.15, 0.2) is 0 Å². The Morgan fingerprint density at radius 2 is 2.06 bits per heavy atom. The van der Waals surface area contributed by atoms with E-state index in [1.165, 1.54) is 19.3 Å². The van der Waals surface area contributed by atoms with Crippen molar-refractivity contribution in [3.63, 3.8) is 0 Å². The topological polar surface area (TPSA) is 41.1 Å². The maximum atomic E-state index is 11.8. The van der Waals surface area contributed by atoms with Crippen molar-refractivity contribution < 1.29 is 4.79 Å². The summed E-state index contributed by atoms with van der Waals surface area (Å²) in [5.74, 6) is 1.68. The molecule has 1 amide bonds. The van der Waals surface area contributed by atoms with Gasteiger partial charge in [-0.1, -0.05) is 13.3 Å². The van der Waals surface area contributed by atoms with E-state index in [0.29, 0.717) is 12.0 Å². The summed E-state index contributed by atoms with van der Waals surface area (Å²) in [5, 5.41) is 6.51. The van der Waals surface area contributed by atoms with Gasteiger partial charge in [0.2, 0.25) is 5.91 Å². The van der Waals surface area contributed by atoms with Gasteiger partial charge in [-0.3, -0.25) is 4.79 Å². The molecule has 17 heavy (non-hydrogen) atoms. The van der Waals surface area contributed by atoms with Crippen LogP contribution in [-0.4, -0.2) is 25.0 Å². The van der Waals surface area contributed by atoms with E-state index < -0.39 is 0 Å². The van der Waals surface area contributed by atoms with Crippen molar-refractivity contribution in [1.29, 1.82) is 0 Å². The number of piperidine rings is 1. The Morgan fingerprint density at radius 1 is 1.35 bits per heavy atom. The molecule has 2 N–H and O–H groups in total. The summed E-state index contributed by atoms with van der Waals surface area (Å²) in [6.45, 7) is 4.38. The molecule has 0 aromatic rings. The number of rotatable bonds is 5. The van der Waals surface area contributed by atoms with Crippen molar-refractivity contribution in [3.05, 3.63) is 0 Å². The molecule has 2 rings (SSSR count). The minimum Gasteiger partial charge on any atom is -0.353 e. The van der Waals surface area contributed by atoms with Crippen LogP contribution in [0.2, 0.25) is 0 Å². The molecule has 3 nitrogen and oxygen atoms in total. The Kier molecular flexibility index (Phi) is 6.28. The molecule has 2 atom stereocenters. The standard InChI is InChI=1S/C13H24N2O.ClH/c1-2-3-11-9-12(11)15-13(16)8-10-4-6-14-7-5-10;/h10-12,14H,2-9H2,1H3,(H,15,16);1H. The maximum absolute atomic E-state index is 11.8. The van der Waals surface area contributed by atoms with Crippen LogP contribution < -0.4 is 10.6 Å². The van der Waals surface area contributed by atoms with E-state index in [2.05, 4.69) is 17.6 Å². The molecule has 0 aromatic heterocycles. The summed E-state index contributed by atoms with van der Waals surface area (Å²) >= 11 is 0. The fourth-order valence-electron chi connectivity index (χ4n) is 2.73. The number of carbonyl (C=O) groups excluding carboxylic acids is 1. The van der Waals surface area contributed by atoms with E-state index in [0.717, 1.165) is 38.3 Å². The number of nitrogens with one attached hydrogen (secondary N) is 2. The van der Waals surface area contributed by atoms with Crippen molar-refractivity contribution in [2.24, 2.45) is 11.8 Å². The van der Waals surface area contributed by atoms with E-state index >= 15 is 0 Å². The molecule has 0 spiro atoms. The van der Waals surface area contributed by atoms with Crippen LogP contribution in [0, 0.1) is 11.8 Å². The zero-order valence-electron chi connectivity index (χ0n) is 10.7. The first-order valence-electron chi connectivity index (χ1n) is 6.79. The lowest BCUT2D eigenvalue weighted by Crippen LogP contribution is -2.33. The molecule has 100 valence electrons. The molecule has 1 aliphatic heterocycles. The first-order valence-corrected chi connectivity index (χ1v) is 6.79. The molecule has 1 aliphatic carbocycles. The quantitative estimate of drug-likeness (QED) is 0.795. The van der Waals surface area contributed by atoms with Crippen LogP contribution in [0.4, 0.5) is 0 Å². The third-order valence-electron chi connectivity index (χ3n) is 3.86. The van der Waals surface area contributed by atoms with E-state index in [1.807, 2.05) is 0 Å². The zero-order chi connectivity index (χ0) is 11.4. The highest BCUT2D eigenvalue weighted by Crippen LogP contribution is 2.34. The fraction of sp³-hybridized carbons (Fsp3) is 0.923. The minimum atomic E-state index is 0. The van der Waals surface area contributed by atoms with Gasteiger partial charge >= 0.3 is 0 Å². The average molecular weight is 261 g/mol. The van der Waals surface area contributed by atoms with Gasteiger partial charge < -0.3 is 10.6 Å². The molecule has 1 heterocycles. The zero-order valence-corrected chi connectivity index (χ0v) is 11.5. The third kappa shape index (κ3) is 4.84. The molecule has 2 aliphatic rings. The largest absolute Gasteiger partial charge is 0.353 e. The van der Waals surface area contributed by atoms with E-state index in [1.54, 1.807) is 0 Å². The Balaban J connectivity index is 0.00000144. The van der Waals surface area contributed by atoms with E-state index in [4.69, 9.17) is 0 Å². The molecule has 1 saturated carbocycles. The summed E-state index contributed by atoms with van der Waals surface area (Å²) in [5.41, 5.74) is 0. The third-order valence-corrected chi connectivity index (χ3v) is 3.86. The second kappa shape index (κ2) is 7.22. The molecule has 4 heteroatoms. The Hall–Kier alpha value is -0.280. The average Bonchev–Trinajstić information content (AvgIpc) is 2.98. The molecule has 2 fully saturated rings. The molecular weight excluding hydrogens is 236 g/mol. The van der Waals surface area contributed by atoms with Crippen LogP contribution >= 0.6 is 12.4 Å². The van der Waals surface area contributed by atoms with E-state index in [9.17, 15) is 4.79 Å². The van der Waals surface area contributed by atoms with Crippen LogP contribution in [-0.2, 0) is 4.79 Å². The van der Waals surface area contributed by atoms with Gasteiger partial charge in [-0.25, -0.2) is 0 Å². The van der Waals surface area contributed by atoms with Gasteiger partial charge in [0.05, 0.1) is 0 Å². The molecule has 0 aromatic carbocycles. The van der Waals surface area contributed by atoms with Crippen molar-refractivity contribution >= 4 is 18.3 Å². The van der Waals surface area contributed by atoms with Crippen LogP contribution in [0.5, 0.6) is 0 Å². The molecular formula is C13H25ClN2O. The smallest absolute Gasteiger partial charge is 0.220 e. The van der Waals surface area contributed by atoms with Crippen molar-refractivity contribution in [2.45, 2.75) is 51.5 Å². The highest BCUT2D eigenvalue weighted by Gasteiger charge is 2.37. The monoisotopic (exact) mass is 260 g/mol. The Labute approximate surface area is 111 Å². The van der Waals surface area contributed by atoms with Gasteiger partial charge in [0, 0.05) is 12.5 Å². The summed E-state index contributed by atoms with van der Waals surface area (Å²) in [7, 11) is 0. The maximum Gasteiger partial charge on any atom is 0.220 e. The summed E-state index contributed by atoms with van der Waals surface area (Å²) in [6, 6.07) is 0.508. The highest BCUT2D eigenvalue weighted by atomic mass is 35.5. The van der Waals surface area contributed by atoms with Crippen molar-refractivity contribution in [2.75, 3.05) is 13.1 Å². The molecule has 0 radical (unpaired) electrons. The number of carbonyl (C=O) groups is 1. The second-order valence-corrected chi connectivity index (χ2v) is 5.36. The lowest BCUT2D eigenvalue weighted by Gasteiger charge is -2.21. The van der Waals surface area contributed by atoms with Gasteiger partial charge in [0.25, 0.3) is 0 Å². The molecule has 1 saturated heterocycles. The van der Waals surface area contributed by atoms with Crippen LogP contribution in [0.25, 0.3) is 0 Å². The molecule has 2 unspecified atom stereocenters. The van der Waals surface area contributed by atoms with Gasteiger partial charge in [-0.05, 0) is 50.6 Å². The van der Waals surface area contributed by atoms with E-state index in [-0.39, 0.29) is 18.3 Å². The SMILES string of the molecule is CCCC1CC1NC(=O)CC1CCNCC1.Cl. The van der Waals surface area contributed by atoms with Crippen LogP contribution in [0.1, 0.15) is 45.4 Å². The number of halogens is 1. The van der Waals surface area contributed by atoms with Crippen molar-refractivity contribution in [1.82, 2.24) is 10.6 Å². The number of hydrogen-bond donors (Lipinski definition) is 2. The highest BCUT2D eigenvalue weighted by molar-refractivity contribution is 5.85. The Bertz CT molecular complexity index is 242. The van der Waals surface area contributed by atoms with Gasteiger partial charge in [-0.15, -0.1) is 12.4 Å². The minimum absolute atomic E-state index is 0.